The lowest BCUT2D eigenvalue weighted by atomic mass is 10.1. The Bertz CT molecular complexity index is 1040. The molecule has 2 aromatic heterocycles. The second-order valence-electron chi connectivity index (χ2n) is 6.54. The maximum Gasteiger partial charge on any atom is 0.331 e. The van der Waals surface area contributed by atoms with E-state index in [1.807, 2.05) is 49.4 Å². The zero-order valence-electron chi connectivity index (χ0n) is 16.3. The van der Waals surface area contributed by atoms with E-state index in [0.717, 1.165) is 12.0 Å². The normalized spacial score (nSPS) is 12.2. The quantitative estimate of drug-likeness (QED) is 0.471. The molecular formula is C22H22ClN3O3. The highest BCUT2D eigenvalue weighted by atomic mass is 35.5. The Morgan fingerprint density at radius 1 is 1.24 bits per heavy atom. The van der Waals surface area contributed by atoms with E-state index < -0.39 is 5.97 Å². The van der Waals surface area contributed by atoms with Crippen molar-refractivity contribution in [1.82, 2.24) is 14.7 Å². The number of pyridine rings is 1. The van der Waals surface area contributed by atoms with Gasteiger partial charge in [-0.2, -0.15) is 0 Å². The number of fused-ring (bicyclic) bond motifs is 1. The summed E-state index contributed by atoms with van der Waals surface area (Å²) >= 11 is 6.11. The van der Waals surface area contributed by atoms with Crippen molar-refractivity contribution in [3.8, 4) is 0 Å². The minimum absolute atomic E-state index is 0.181. The summed E-state index contributed by atoms with van der Waals surface area (Å²) < 4.78 is 6.77. The van der Waals surface area contributed by atoms with Gasteiger partial charge in [-0.1, -0.05) is 48.9 Å². The van der Waals surface area contributed by atoms with Crippen LogP contribution in [0.1, 0.15) is 36.7 Å². The average molecular weight is 412 g/mol. The monoisotopic (exact) mass is 411 g/mol. The number of aromatic nitrogens is 2. The third-order valence-corrected chi connectivity index (χ3v) is 4.79. The topological polar surface area (TPSA) is 72.7 Å². The number of nitrogens with zero attached hydrogens (tertiary/aromatic N) is 2. The van der Waals surface area contributed by atoms with E-state index in [1.54, 1.807) is 10.6 Å². The standard InChI is InChI=1S/C22H22ClN3O3/c1-3-16-7-9-17(10-8-16)15(2)24-20(27)14-29-21(28)12-11-18-22(23)25-19-6-4-5-13-26(18)19/h4-13,15H,3,14H2,1-2H3,(H,24,27)/b12-11+/t15-/m1/s1. The van der Waals surface area contributed by atoms with Crippen molar-refractivity contribution in [2.24, 2.45) is 0 Å². The van der Waals surface area contributed by atoms with Crippen LogP contribution in [0, 0.1) is 0 Å². The Balaban J connectivity index is 1.52. The number of nitrogens with one attached hydrogen (secondary N) is 1. The van der Waals surface area contributed by atoms with Crippen LogP contribution in [0.25, 0.3) is 11.7 Å². The molecule has 0 saturated heterocycles. The molecule has 150 valence electrons. The first-order chi connectivity index (χ1) is 14.0. The zero-order valence-corrected chi connectivity index (χ0v) is 17.0. The molecule has 0 radical (unpaired) electrons. The number of carbonyl (C=O) groups excluding carboxylic acids is 2. The Labute approximate surface area is 174 Å². The van der Waals surface area contributed by atoms with E-state index in [2.05, 4.69) is 17.2 Å². The van der Waals surface area contributed by atoms with Crippen LogP contribution >= 0.6 is 11.6 Å². The molecule has 29 heavy (non-hydrogen) atoms. The third kappa shape index (κ3) is 5.23. The Morgan fingerprint density at radius 2 is 2.00 bits per heavy atom. The molecule has 3 aromatic rings. The molecule has 1 N–H and O–H groups in total. The summed E-state index contributed by atoms with van der Waals surface area (Å²) in [6, 6.07) is 13.3. The number of imidazole rings is 1. The van der Waals surface area contributed by atoms with Crippen LogP contribution in [0.5, 0.6) is 0 Å². The van der Waals surface area contributed by atoms with Gasteiger partial charge in [-0.15, -0.1) is 0 Å². The molecule has 0 aliphatic carbocycles. The number of benzene rings is 1. The average Bonchev–Trinajstić information content (AvgIpc) is 3.05. The molecular weight excluding hydrogens is 390 g/mol. The fourth-order valence-corrected chi connectivity index (χ4v) is 3.12. The molecule has 1 aromatic carbocycles. The number of carbonyl (C=O) groups is 2. The van der Waals surface area contributed by atoms with Gasteiger partial charge in [0.2, 0.25) is 0 Å². The van der Waals surface area contributed by atoms with Crippen molar-refractivity contribution < 1.29 is 14.3 Å². The first-order valence-corrected chi connectivity index (χ1v) is 9.71. The van der Waals surface area contributed by atoms with Gasteiger partial charge in [0.1, 0.15) is 5.65 Å². The van der Waals surface area contributed by atoms with Crippen LogP contribution in [0.2, 0.25) is 5.15 Å². The van der Waals surface area contributed by atoms with E-state index in [-0.39, 0.29) is 23.7 Å². The van der Waals surface area contributed by atoms with E-state index in [0.29, 0.717) is 11.3 Å². The van der Waals surface area contributed by atoms with Crippen molar-refractivity contribution >= 4 is 35.2 Å². The lowest BCUT2D eigenvalue weighted by Gasteiger charge is -2.14. The minimum Gasteiger partial charge on any atom is -0.452 e. The number of ether oxygens (including phenoxy) is 1. The summed E-state index contributed by atoms with van der Waals surface area (Å²) in [6.45, 7) is 3.61. The molecule has 0 aliphatic rings. The molecule has 0 spiro atoms. The molecule has 2 heterocycles. The molecule has 0 fully saturated rings. The van der Waals surface area contributed by atoms with E-state index >= 15 is 0 Å². The first kappa shape index (κ1) is 20.6. The van der Waals surface area contributed by atoms with Crippen LogP contribution in [0.3, 0.4) is 0 Å². The Hall–Kier alpha value is -3.12. The second kappa shape index (κ2) is 9.39. The minimum atomic E-state index is -0.637. The second-order valence-corrected chi connectivity index (χ2v) is 6.90. The highest BCUT2D eigenvalue weighted by molar-refractivity contribution is 6.31. The summed E-state index contributed by atoms with van der Waals surface area (Å²) in [5.74, 6) is -1.01. The van der Waals surface area contributed by atoms with Crippen molar-refractivity contribution in [3.05, 3.63) is 76.7 Å². The Morgan fingerprint density at radius 3 is 2.72 bits per heavy atom. The van der Waals surface area contributed by atoms with Gasteiger partial charge >= 0.3 is 5.97 Å². The summed E-state index contributed by atoms with van der Waals surface area (Å²) in [5, 5.41) is 3.10. The SMILES string of the molecule is CCc1ccc([C@@H](C)NC(=O)COC(=O)/C=C/c2c(Cl)nc3ccccn23)cc1. The molecule has 0 unspecified atom stereocenters. The van der Waals surface area contributed by atoms with Crippen molar-refractivity contribution in [2.45, 2.75) is 26.3 Å². The summed E-state index contributed by atoms with van der Waals surface area (Å²) in [5.41, 5.74) is 3.46. The highest BCUT2D eigenvalue weighted by Crippen LogP contribution is 2.19. The summed E-state index contributed by atoms with van der Waals surface area (Å²) in [4.78, 5) is 28.2. The molecule has 1 amide bonds. The number of amides is 1. The van der Waals surface area contributed by atoms with E-state index in [9.17, 15) is 9.59 Å². The van der Waals surface area contributed by atoms with Crippen LogP contribution in [0.15, 0.2) is 54.7 Å². The van der Waals surface area contributed by atoms with E-state index in [1.165, 1.54) is 17.7 Å². The van der Waals surface area contributed by atoms with Crippen LogP contribution in [0.4, 0.5) is 0 Å². The number of hydrogen-bond donors (Lipinski definition) is 1. The number of hydrogen-bond acceptors (Lipinski definition) is 4. The van der Waals surface area contributed by atoms with E-state index in [4.69, 9.17) is 16.3 Å². The summed E-state index contributed by atoms with van der Waals surface area (Å²) in [7, 11) is 0. The smallest absolute Gasteiger partial charge is 0.331 e. The lowest BCUT2D eigenvalue weighted by molar-refractivity contribution is -0.144. The van der Waals surface area contributed by atoms with Crippen molar-refractivity contribution in [2.75, 3.05) is 6.61 Å². The van der Waals surface area contributed by atoms with Gasteiger partial charge in [-0.25, -0.2) is 9.78 Å². The number of aryl methyl sites for hydroxylation is 1. The third-order valence-electron chi connectivity index (χ3n) is 4.51. The Kier molecular flexibility index (Phi) is 6.67. The number of esters is 1. The largest absolute Gasteiger partial charge is 0.452 e. The van der Waals surface area contributed by atoms with Crippen molar-refractivity contribution in [1.29, 1.82) is 0 Å². The van der Waals surface area contributed by atoms with Gasteiger partial charge in [0.25, 0.3) is 5.91 Å². The van der Waals surface area contributed by atoms with Gasteiger partial charge < -0.3 is 10.1 Å². The molecule has 0 bridgehead atoms. The van der Waals surface area contributed by atoms with Gasteiger partial charge in [0.05, 0.1) is 11.7 Å². The predicted molar refractivity (Wildman–Crippen MR) is 113 cm³/mol. The van der Waals surface area contributed by atoms with Crippen molar-refractivity contribution in [3.63, 3.8) is 0 Å². The molecule has 6 nitrogen and oxygen atoms in total. The fraction of sp³-hybridized carbons (Fsp3) is 0.227. The van der Waals surface area contributed by atoms with Gasteiger partial charge in [-0.3, -0.25) is 9.20 Å². The highest BCUT2D eigenvalue weighted by Gasteiger charge is 2.12. The van der Waals surface area contributed by atoms with Crippen LogP contribution in [-0.4, -0.2) is 27.9 Å². The fourth-order valence-electron chi connectivity index (χ4n) is 2.88. The first-order valence-electron chi connectivity index (χ1n) is 9.33. The maximum absolute atomic E-state index is 12.1. The maximum atomic E-state index is 12.1. The molecule has 7 heteroatoms. The lowest BCUT2D eigenvalue weighted by Crippen LogP contribution is -2.30. The summed E-state index contributed by atoms with van der Waals surface area (Å²) in [6.07, 6.45) is 5.49. The van der Waals surface area contributed by atoms with Crippen LogP contribution in [-0.2, 0) is 20.7 Å². The molecule has 1 atom stereocenters. The molecule has 3 rings (SSSR count). The predicted octanol–water partition coefficient (Wildman–Crippen LogP) is 3.98. The zero-order chi connectivity index (χ0) is 20.8. The molecule has 0 aliphatic heterocycles. The number of halogens is 1. The number of rotatable bonds is 7. The van der Waals surface area contributed by atoms with Gasteiger partial charge in [0.15, 0.2) is 11.8 Å². The van der Waals surface area contributed by atoms with Gasteiger partial charge in [-0.05, 0) is 42.7 Å². The molecule has 0 saturated carbocycles. The van der Waals surface area contributed by atoms with Crippen LogP contribution < -0.4 is 5.32 Å². The van der Waals surface area contributed by atoms with Gasteiger partial charge in [0, 0.05) is 12.3 Å².